The maximum absolute atomic E-state index is 13.7. The largest absolute Gasteiger partial charge is 0.490 e. The van der Waals surface area contributed by atoms with E-state index in [0.29, 0.717) is 21.9 Å². The van der Waals surface area contributed by atoms with Crippen LogP contribution in [0.4, 0.5) is 27.8 Å². The van der Waals surface area contributed by atoms with Crippen molar-refractivity contribution in [3.05, 3.63) is 17.4 Å². The average molecular weight is 403 g/mol. The Hall–Kier alpha value is -2.21. The Kier molecular flexibility index (Phi) is 5.56. The van der Waals surface area contributed by atoms with Crippen molar-refractivity contribution in [2.45, 2.75) is 18.2 Å². The van der Waals surface area contributed by atoms with E-state index >= 15 is 0 Å². The van der Waals surface area contributed by atoms with Gasteiger partial charge in [-0.3, -0.25) is 5.10 Å². The molecule has 0 radical (unpaired) electrons. The predicted octanol–water partition coefficient (Wildman–Crippen LogP) is 2.71. The van der Waals surface area contributed by atoms with Gasteiger partial charge in [-0.25, -0.2) is 18.6 Å². The number of ether oxygens (including phenoxy) is 1. The predicted molar refractivity (Wildman–Crippen MR) is 80.5 cm³/mol. The van der Waals surface area contributed by atoms with Gasteiger partial charge in [-0.05, 0) is 0 Å². The third-order valence-corrected chi connectivity index (χ3v) is 3.69. The van der Waals surface area contributed by atoms with Crippen molar-refractivity contribution in [2.75, 3.05) is 25.1 Å². The Bertz CT molecular complexity index is 798. The van der Waals surface area contributed by atoms with Gasteiger partial charge in [0.1, 0.15) is 11.3 Å². The molecule has 1 saturated heterocycles. The SMILES string of the molecule is COC1CN(c2n[nH]c3cc(Cl)ncc23)CC1(F)F.O=C(O)C(F)(F)F. The number of aromatic nitrogens is 3. The van der Waals surface area contributed by atoms with Crippen LogP contribution >= 0.6 is 11.6 Å². The number of anilines is 1. The van der Waals surface area contributed by atoms with Crippen LogP contribution < -0.4 is 4.90 Å². The number of hydrogen-bond acceptors (Lipinski definition) is 5. The lowest BCUT2D eigenvalue weighted by Crippen LogP contribution is -2.33. The molecular weight excluding hydrogens is 391 g/mol. The van der Waals surface area contributed by atoms with Gasteiger partial charge in [0.25, 0.3) is 5.92 Å². The van der Waals surface area contributed by atoms with E-state index in [0.717, 1.165) is 0 Å². The molecular formula is C13H12ClF5N4O3. The maximum atomic E-state index is 13.7. The molecule has 2 N–H and O–H groups in total. The first-order chi connectivity index (χ1) is 12.0. The smallest absolute Gasteiger partial charge is 0.475 e. The highest BCUT2D eigenvalue weighted by molar-refractivity contribution is 6.30. The van der Waals surface area contributed by atoms with Gasteiger partial charge in [0.15, 0.2) is 5.82 Å². The van der Waals surface area contributed by atoms with Crippen LogP contribution in [0, 0.1) is 0 Å². The molecule has 0 amide bonds. The Morgan fingerprint density at radius 1 is 1.50 bits per heavy atom. The summed E-state index contributed by atoms with van der Waals surface area (Å²) in [5.74, 6) is -5.20. The van der Waals surface area contributed by atoms with Gasteiger partial charge >= 0.3 is 12.1 Å². The number of rotatable bonds is 2. The highest BCUT2D eigenvalue weighted by atomic mass is 35.5. The molecule has 2 aromatic heterocycles. The number of aromatic amines is 1. The van der Waals surface area contributed by atoms with Crippen LogP contribution in [0.25, 0.3) is 10.9 Å². The van der Waals surface area contributed by atoms with E-state index in [9.17, 15) is 22.0 Å². The summed E-state index contributed by atoms with van der Waals surface area (Å²) in [7, 11) is 1.28. The van der Waals surface area contributed by atoms with Gasteiger partial charge in [-0.15, -0.1) is 0 Å². The number of aliphatic carboxylic acids is 1. The van der Waals surface area contributed by atoms with Crippen molar-refractivity contribution < 1.29 is 36.6 Å². The fourth-order valence-electron chi connectivity index (χ4n) is 2.28. The van der Waals surface area contributed by atoms with Crippen LogP contribution in [-0.2, 0) is 9.53 Å². The summed E-state index contributed by atoms with van der Waals surface area (Å²) in [5, 5.41) is 14.9. The van der Waals surface area contributed by atoms with E-state index in [1.54, 1.807) is 6.07 Å². The average Bonchev–Trinajstić information content (AvgIpc) is 3.06. The topological polar surface area (TPSA) is 91.3 Å². The molecule has 1 fully saturated rings. The summed E-state index contributed by atoms with van der Waals surface area (Å²) in [6.07, 6.45) is -4.69. The summed E-state index contributed by atoms with van der Waals surface area (Å²) in [6, 6.07) is 1.61. The van der Waals surface area contributed by atoms with Crippen molar-refractivity contribution >= 4 is 34.3 Å². The third kappa shape index (κ3) is 4.30. The molecule has 3 rings (SSSR count). The molecule has 7 nitrogen and oxygen atoms in total. The zero-order valence-corrected chi connectivity index (χ0v) is 13.8. The molecule has 144 valence electrons. The summed E-state index contributed by atoms with van der Waals surface area (Å²) in [4.78, 5) is 14.3. The molecule has 1 atom stereocenters. The van der Waals surface area contributed by atoms with Gasteiger partial charge in [-0.1, -0.05) is 11.6 Å². The van der Waals surface area contributed by atoms with Gasteiger partial charge in [-0.2, -0.15) is 18.3 Å². The van der Waals surface area contributed by atoms with Crippen molar-refractivity contribution in [3.8, 4) is 0 Å². The van der Waals surface area contributed by atoms with Crippen molar-refractivity contribution in [1.82, 2.24) is 15.2 Å². The molecule has 2 aromatic rings. The number of carboxylic acid groups (broad SMARTS) is 1. The molecule has 0 aromatic carbocycles. The maximum Gasteiger partial charge on any atom is 0.490 e. The van der Waals surface area contributed by atoms with Gasteiger partial charge in [0.2, 0.25) is 0 Å². The Morgan fingerprint density at radius 2 is 2.12 bits per heavy atom. The second kappa shape index (κ2) is 7.19. The van der Waals surface area contributed by atoms with Crippen LogP contribution in [0.5, 0.6) is 0 Å². The highest BCUT2D eigenvalue weighted by Crippen LogP contribution is 2.35. The van der Waals surface area contributed by atoms with E-state index < -0.39 is 30.7 Å². The number of carbonyl (C=O) groups is 1. The molecule has 0 spiro atoms. The fraction of sp³-hybridized carbons (Fsp3) is 0.462. The first kappa shape index (κ1) is 20.1. The van der Waals surface area contributed by atoms with Crippen molar-refractivity contribution in [3.63, 3.8) is 0 Å². The number of alkyl halides is 5. The number of H-pyrrole nitrogens is 1. The molecule has 3 heterocycles. The minimum atomic E-state index is -5.08. The normalized spacial score (nSPS) is 19.3. The number of nitrogens with one attached hydrogen (secondary N) is 1. The van der Waals surface area contributed by atoms with E-state index in [-0.39, 0.29) is 6.54 Å². The lowest BCUT2D eigenvalue weighted by molar-refractivity contribution is -0.192. The number of hydrogen-bond donors (Lipinski definition) is 2. The summed E-state index contributed by atoms with van der Waals surface area (Å²) >= 11 is 5.77. The molecule has 0 aliphatic carbocycles. The number of carboxylic acids is 1. The minimum absolute atomic E-state index is 0.0894. The summed E-state index contributed by atoms with van der Waals surface area (Å²) < 4.78 is 63.9. The van der Waals surface area contributed by atoms with Gasteiger partial charge in [0.05, 0.1) is 24.0 Å². The number of fused-ring (bicyclic) bond motifs is 1. The lowest BCUT2D eigenvalue weighted by Gasteiger charge is -2.14. The quantitative estimate of drug-likeness (QED) is 0.593. The van der Waals surface area contributed by atoms with E-state index in [1.165, 1.54) is 18.2 Å². The number of pyridine rings is 1. The fourth-order valence-corrected chi connectivity index (χ4v) is 2.44. The third-order valence-electron chi connectivity index (χ3n) is 3.48. The molecule has 0 saturated carbocycles. The van der Waals surface area contributed by atoms with Crippen LogP contribution in [0.1, 0.15) is 0 Å². The zero-order valence-electron chi connectivity index (χ0n) is 13.0. The van der Waals surface area contributed by atoms with E-state index in [4.69, 9.17) is 26.2 Å². The minimum Gasteiger partial charge on any atom is -0.475 e. The highest BCUT2D eigenvalue weighted by Gasteiger charge is 2.49. The van der Waals surface area contributed by atoms with Crippen LogP contribution in [-0.4, -0.2) is 64.7 Å². The lowest BCUT2D eigenvalue weighted by atomic mass is 10.2. The van der Waals surface area contributed by atoms with Crippen LogP contribution in [0.15, 0.2) is 12.3 Å². The number of halogens is 6. The monoisotopic (exact) mass is 402 g/mol. The standard InChI is InChI=1S/C11H11ClF2N4O.C2HF3O2/c1-19-8-4-18(5-11(8,13)14)10-6-3-15-9(12)2-7(6)16-17-10;3-2(4,5)1(6)7/h2-3,8H,4-5H2,1H3,(H,16,17);(H,6,7). The molecule has 1 aliphatic rings. The van der Waals surface area contributed by atoms with Crippen LogP contribution in [0.2, 0.25) is 5.15 Å². The summed E-state index contributed by atoms with van der Waals surface area (Å²) in [5.41, 5.74) is 0.666. The Morgan fingerprint density at radius 3 is 2.62 bits per heavy atom. The number of nitrogens with zero attached hydrogens (tertiary/aromatic N) is 3. The Labute approximate surface area is 147 Å². The first-order valence-electron chi connectivity index (χ1n) is 6.91. The van der Waals surface area contributed by atoms with Crippen molar-refractivity contribution in [2.24, 2.45) is 0 Å². The van der Waals surface area contributed by atoms with Gasteiger partial charge in [0, 0.05) is 19.4 Å². The van der Waals surface area contributed by atoms with E-state index in [1.807, 2.05) is 0 Å². The second-order valence-electron chi connectivity index (χ2n) is 5.27. The molecule has 0 bridgehead atoms. The second-order valence-corrected chi connectivity index (χ2v) is 5.66. The molecule has 1 aliphatic heterocycles. The molecule has 13 heteroatoms. The number of methoxy groups -OCH3 is 1. The van der Waals surface area contributed by atoms with Gasteiger partial charge < -0.3 is 14.7 Å². The van der Waals surface area contributed by atoms with Crippen LogP contribution in [0.3, 0.4) is 0 Å². The summed E-state index contributed by atoms with van der Waals surface area (Å²) in [6.45, 7) is -0.333. The van der Waals surface area contributed by atoms with E-state index in [2.05, 4.69) is 15.2 Å². The zero-order chi connectivity index (χ0) is 19.7. The molecule has 1 unspecified atom stereocenters. The first-order valence-corrected chi connectivity index (χ1v) is 7.29. The Balaban J connectivity index is 0.000000298. The van der Waals surface area contributed by atoms with Crippen molar-refractivity contribution in [1.29, 1.82) is 0 Å². The molecule has 26 heavy (non-hydrogen) atoms.